The maximum Gasteiger partial charge on any atom is 0.261 e. The number of para-hydroxylation sites is 2. The van der Waals surface area contributed by atoms with Crippen molar-refractivity contribution in [3.05, 3.63) is 88.3 Å². The summed E-state index contributed by atoms with van der Waals surface area (Å²) >= 11 is 0. The van der Waals surface area contributed by atoms with Gasteiger partial charge in [-0.3, -0.25) is 14.2 Å². The van der Waals surface area contributed by atoms with Crippen molar-refractivity contribution in [3.63, 3.8) is 0 Å². The van der Waals surface area contributed by atoms with Crippen LogP contribution < -0.4 is 10.9 Å². The van der Waals surface area contributed by atoms with Crippen molar-refractivity contribution in [1.82, 2.24) is 19.1 Å². The number of pyridine rings is 1. The Hall–Kier alpha value is -4.26. The molecule has 0 spiro atoms. The van der Waals surface area contributed by atoms with E-state index in [1.807, 2.05) is 66.1 Å². The lowest BCUT2D eigenvalue weighted by Gasteiger charge is -2.21. The predicted molar refractivity (Wildman–Crippen MR) is 128 cm³/mol. The summed E-state index contributed by atoms with van der Waals surface area (Å²) in [4.78, 5) is 35.5. The molecule has 33 heavy (non-hydrogen) atoms. The van der Waals surface area contributed by atoms with Gasteiger partial charge in [0.25, 0.3) is 5.56 Å². The second-order valence-corrected chi connectivity index (χ2v) is 8.30. The number of nitrogens with one attached hydrogen (secondary N) is 1. The van der Waals surface area contributed by atoms with Crippen LogP contribution in [0.25, 0.3) is 33.3 Å². The lowest BCUT2D eigenvalue weighted by Crippen LogP contribution is -2.29. The van der Waals surface area contributed by atoms with E-state index in [2.05, 4.69) is 16.4 Å². The molecule has 4 heterocycles. The van der Waals surface area contributed by atoms with Crippen molar-refractivity contribution in [2.24, 2.45) is 0 Å². The molecule has 0 atom stereocenters. The van der Waals surface area contributed by atoms with Gasteiger partial charge in [-0.25, -0.2) is 9.97 Å². The molecule has 7 nitrogen and oxygen atoms in total. The molecule has 6 rings (SSSR count). The highest BCUT2D eigenvalue weighted by molar-refractivity contribution is 5.96. The number of nitrogens with zero attached hydrogens (tertiary/aromatic N) is 4. The predicted octanol–water partition coefficient (Wildman–Crippen LogP) is 3.92. The molecule has 1 amide bonds. The summed E-state index contributed by atoms with van der Waals surface area (Å²) in [5.74, 6) is 0.945. The Morgan fingerprint density at radius 1 is 0.970 bits per heavy atom. The lowest BCUT2D eigenvalue weighted by molar-refractivity contribution is -0.116. The topological polar surface area (TPSA) is 81.8 Å². The molecule has 0 aliphatic carbocycles. The van der Waals surface area contributed by atoms with E-state index in [0.717, 1.165) is 27.9 Å². The van der Waals surface area contributed by atoms with Crippen LogP contribution in [0.2, 0.25) is 0 Å². The summed E-state index contributed by atoms with van der Waals surface area (Å²) < 4.78 is 3.71. The van der Waals surface area contributed by atoms with Gasteiger partial charge in [-0.05, 0) is 49.2 Å². The first-order valence-corrected chi connectivity index (χ1v) is 10.9. The van der Waals surface area contributed by atoms with Gasteiger partial charge < -0.3 is 9.88 Å². The van der Waals surface area contributed by atoms with Crippen LogP contribution in [0.1, 0.15) is 11.3 Å². The number of carbonyl (C=O) groups excluding carboxylic acids is 1. The largest absolute Gasteiger partial charge is 0.328 e. The number of hydrogen-bond donors (Lipinski definition) is 1. The molecule has 7 heteroatoms. The zero-order valence-corrected chi connectivity index (χ0v) is 18.1. The maximum atomic E-state index is 13.2. The number of rotatable bonds is 3. The monoisotopic (exact) mass is 435 g/mol. The van der Waals surface area contributed by atoms with Crippen molar-refractivity contribution in [1.29, 1.82) is 0 Å². The number of anilines is 1. The molecule has 1 aliphatic heterocycles. The zero-order valence-electron chi connectivity index (χ0n) is 18.1. The highest BCUT2D eigenvalue weighted by atomic mass is 16.2. The first-order valence-electron chi connectivity index (χ1n) is 10.9. The number of amides is 1. The fourth-order valence-corrected chi connectivity index (χ4v) is 4.77. The second kappa shape index (κ2) is 7.41. The number of carbonyl (C=O) groups is 1. The summed E-state index contributed by atoms with van der Waals surface area (Å²) in [6.45, 7) is 2.54. The minimum Gasteiger partial charge on any atom is -0.328 e. The minimum atomic E-state index is -0.183. The maximum absolute atomic E-state index is 13.2. The molecule has 0 radical (unpaired) electrons. The minimum absolute atomic E-state index is 0.0496. The Labute approximate surface area is 189 Å². The summed E-state index contributed by atoms with van der Waals surface area (Å²) in [5, 5.41) is 4.59. The van der Waals surface area contributed by atoms with Crippen LogP contribution in [-0.2, 0) is 24.3 Å². The first-order chi connectivity index (χ1) is 16.1. The SMILES string of the molecule is Cc1cccc(NC(=O)Cn2c3c(c4ccccc42)CCn2c-3nc3ccccc3c2=O)n1. The first kappa shape index (κ1) is 19.4. The van der Waals surface area contributed by atoms with Gasteiger partial charge in [0.15, 0.2) is 5.82 Å². The average molecular weight is 435 g/mol. The van der Waals surface area contributed by atoms with Crippen LogP contribution in [0.4, 0.5) is 5.82 Å². The van der Waals surface area contributed by atoms with Gasteiger partial charge in [0, 0.05) is 23.1 Å². The van der Waals surface area contributed by atoms with Crippen molar-refractivity contribution in [2.75, 3.05) is 5.32 Å². The molecule has 162 valence electrons. The number of benzene rings is 2. The molecule has 5 aromatic rings. The van der Waals surface area contributed by atoms with Crippen molar-refractivity contribution >= 4 is 33.5 Å². The Balaban J connectivity index is 1.52. The van der Waals surface area contributed by atoms with Crippen LogP contribution in [0.15, 0.2) is 71.5 Å². The lowest BCUT2D eigenvalue weighted by atomic mass is 10.0. The average Bonchev–Trinajstić information content (AvgIpc) is 3.13. The molecule has 0 bridgehead atoms. The standard InChI is InChI=1S/C26H21N5O2/c1-16-7-6-12-22(27-16)29-23(32)15-31-21-11-5-3-8-17(21)18-13-14-30-25(24(18)31)28-20-10-4-2-9-19(20)26(30)33/h2-12H,13-15H2,1H3,(H,27,29,32). The third-order valence-electron chi connectivity index (χ3n) is 6.19. The summed E-state index contributed by atoms with van der Waals surface area (Å²) in [6, 6.07) is 21.0. The Kier molecular flexibility index (Phi) is 4.36. The van der Waals surface area contributed by atoms with Gasteiger partial charge in [-0.1, -0.05) is 36.4 Å². The van der Waals surface area contributed by atoms with Gasteiger partial charge in [-0.2, -0.15) is 0 Å². The molecule has 0 saturated carbocycles. The van der Waals surface area contributed by atoms with E-state index in [1.165, 1.54) is 0 Å². The Bertz CT molecular complexity index is 1630. The number of aromatic nitrogens is 4. The molecule has 0 saturated heterocycles. The van der Waals surface area contributed by atoms with Gasteiger partial charge in [0.2, 0.25) is 5.91 Å². The Morgan fingerprint density at radius 3 is 2.61 bits per heavy atom. The van der Waals surface area contributed by atoms with E-state index >= 15 is 0 Å². The number of aryl methyl sites for hydroxylation is 2. The number of fused-ring (bicyclic) bond motifs is 6. The van der Waals surface area contributed by atoms with Gasteiger partial charge in [0.05, 0.1) is 16.6 Å². The smallest absolute Gasteiger partial charge is 0.261 e. The van der Waals surface area contributed by atoms with Crippen molar-refractivity contribution < 1.29 is 4.79 Å². The molecule has 1 N–H and O–H groups in total. The highest BCUT2D eigenvalue weighted by Gasteiger charge is 2.28. The van der Waals surface area contributed by atoms with E-state index in [1.54, 1.807) is 10.6 Å². The molecular weight excluding hydrogens is 414 g/mol. The third-order valence-corrected chi connectivity index (χ3v) is 6.19. The van der Waals surface area contributed by atoms with E-state index < -0.39 is 0 Å². The van der Waals surface area contributed by atoms with Crippen LogP contribution in [0, 0.1) is 6.92 Å². The Morgan fingerprint density at radius 2 is 1.76 bits per heavy atom. The normalized spacial score (nSPS) is 12.5. The molecule has 0 fully saturated rings. The molecule has 3 aromatic heterocycles. The molecular formula is C26H21N5O2. The fraction of sp³-hybridized carbons (Fsp3) is 0.154. The van der Waals surface area contributed by atoms with E-state index in [0.29, 0.717) is 35.5 Å². The fourth-order valence-electron chi connectivity index (χ4n) is 4.77. The quantitative estimate of drug-likeness (QED) is 0.466. The molecule has 1 aliphatic rings. The van der Waals surface area contributed by atoms with Crippen LogP contribution in [0.3, 0.4) is 0 Å². The van der Waals surface area contributed by atoms with E-state index in [4.69, 9.17) is 4.98 Å². The van der Waals surface area contributed by atoms with Gasteiger partial charge >= 0.3 is 0 Å². The molecule has 0 unspecified atom stereocenters. The highest BCUT2D eigenvalue weighted by Crippen LogP contribution is 2.36. The number of hydrogen-bond acceptors (Lipinski definition) is 4. The summed E-state index contributed by atoms with van der Waals surface area (Å²) in [5.41, 5.74) is 4.34. The van der Waals surface area contributed by atoms with Crippen LogP contribution >= 0.6 is 0 Å². The van der Waals surface area contributed by atoms with Crippen LogP contribution in [0.5, 0.6) is 0 Å². The van der Waals surface area contributed by atoms with Crippen molar-refractivity contribution in [3.8, 4) is 11.5 Å². The second-order valence-electron chi connectivity index (χ2n) is 8.30. The summed E-state index contributed by atoms with van der Waals surface area (Å²) in [6.07, 6.45) is 0.705. The zero-order chi connectivity index (χ0) is 22.5. The van der Waals surface area contributed by atoms with E-state index in [9.17, 15) is 9.59 Å². The van der Waals surface area contributed by atoms with Crippen LogP contribution in [-0.4, -0.2) is 25.0 Å². The van der Waals surface area contributed by atoms with Gasteiger partial charge in [-0.15, -0.1) is 0 Å². The summed E-state index contributed by atoms with van der Waals surface area (Å²) in [7, 11) is 0. The van der Waals surface area contributed by atoms with E-state index in [-0.39, 0.29) is 18.0 Å². The van der Waals surface area contributed by atoms with Crippen molar-refractivity contribution in [2.45, 2.75) is 26.4 Å². The molecule has 2 aromatic carbocycles. The third kappa shape index (κ3) is 3.12. The van der Waals surface area contributed by atoms with Gasteiger partial charge in [0.1, 0.15) is 12.4 Å².